The van der Waals surface area contributed by atoms with Crippen LogP contribution in [0.2, 0.25) is 19.0 Å². The second kappa shape index (κ2) is 5.36. The van der Waals surface area contributed by atoms with Gasteiger partial charge in [0.15, 0.2) is 0 Å². The van der Waals surface area contributed by atoms with E-state index in [0.717, 1.165) is 24.2 Å². The zero-order chi connectivity index (χ0) is 14.3. The minimum atomic E-state index is -0.501. The summed E-state index contributed by atoms with van der Waals surface area (Å²) in [6, 6.07) is -0.0868. The normalized spacial score (nSPS) is 40.1. The molecular formula is C16H29BNO2-. The zero-order valence-corrected chi connectivity index (χ0v) is 13.2. The predicted octanol–water partition coefficient (Wildman–Crippen LogP) is 3.17. The first-order valence-corrected chi connectivity index (χ1v) is 8.55. The Balaban J connectivity index is 1.72. The van der Waals surface area contributed by atoms with Crippen LogP contribution in [-0.4, -0.2) is 25.4 Å². The van der Waals surface area contributed by atoms with Crippen LogP contribution in [0.3, 0.4) is 0 Å². The molecule has 3 aliphatic heterocycles. The molecule has 3 nitrogen and oxygen atoms in total. The van der Waals surface area contributed by atoms with E-state index in [1.165, 1.54) is 45.3 Å². The summed E-state index contributed by atoms with van der Waals surface area (Å²) in [6.45, 7) is 4.37. The van der Waals surface area contributed by atoms with E-state index in [0.29, 0.717) is 5.92 Å². The first kappa shape index (κ1) is 14.4. The molecule has 1 aliphatic carbocycles. The average Bonchev–Trinajstić information content (AvgIpc) is 2.34. The van der Waals surface area contributed by atoms with E-state index in [1.54, 1.807) is 0 Å². The van der Waals surface area contributed by atoms with Crippen LogP contribution in [-0.2, 0) is 9.53 Å². The number of carbonyl (C=O) groups is 1. The molecule has 0 spiro atoms. The highest BCUT2D eigenvalue weighted by atomic mass is 16.5. The van der Waals surface area contributed by atoms with Gasteiger partial charge in [0, 0.05) is 0 Å². The first-order chi connectivity index (χ1) is 9.49. The lowest BCUT2D eigenvalue weighted by Crippen LogP contribution is -2.65. The molecule has 1 saturated carbocycles. The van der Waals surface area contributed by atoms with Crippen LogP contribution in [0.4, 0.5) is 0 Å². The molecular weight excluding hydrogens is 249 g/mol. The third-order valence-electron chi connectivity index (χ3n) is 6.10. The third kappa shape index (κ3) is 2.76. The molecule has 4 fully saturated rings. The van der Waals surface area contributed by atoms with Crippen LogP contribution in [0.1, 0.15) is 39.5 Å². The first-order valence-electron chi connectivity index (χ1n) is 8.55. The second-order valence-corrected chi connectivity index (χ2v) is 8.36. The number of hydrogen-bond donors (Lipinski definition) is 1. The van der Waals surface area contributed by atoms with Crippen molar-refractivity contribution in [2.75, 3.05) is 7.11 Å². The van der Waals surface area contributed by atoms with Crippen molar-refractivity contribution < 1.29 is 9.53 Å². The highest BCUT2D eigenvalue weighted by Crippen LogP contribution is 2.55. The molecule has 0 aromatic heterocycles. The van der Waals surface area contributed by atoms with Crippen molar-refractivity contribution in [1.29, 1.82) is 0 Å². The summed E-state index contributed by atoms with van der Waals surface area (Å²) >= 11 is 0. The standard InChI is InChI=1S/C16H29BNO2/c1-11(2)4-15(16(19)20-3)18-17-8-12-5-13(9-17)7-14(6-12)10-17/h11-15,18H,4-10H2,1-3H3/q-1/t12?,13?,14?,15-,17?/m0/s1. The summed E-state index contributed by atoms with van der Waals surface area (Å²) in [5.74, 6) is 3.27. The smallest absolute Gasteiger partial charge is 0.319 e. The van der Waals surface area contributed by atoms with Gasteiger partial charge in [0.1, 0.15) is 0 Å². The van der Waals surface area contributed by atoms with E-state index in [9.17, 15) is 4.79 Å². The van der Waals surface area contributed by atoms with E-state index < -0.39 is 6.28 Å². The van der Waals surface area contributed by atoms with Gasteiger partial charge in [-0.05, 0) is 12.3 Å². The number of nitrogens with one attached hydrogen (secondary N) is 1. The Morgan fingerprint density at radius 3 is 2.05 bits per heavy atom. The van der Waals surface area contributed by atoms with E-state index in [4.69, 9.17) is 4.74 Å². The van der Waals surface area contributed by atoms with E-state index in [1.807, 2.05) is 0 Å². The predicted molar refractivity (Wildman–Crippen MR) is 82.9 cm³/mol. The maximum Gasteiger partial charge on any atom is 0.319 e. The molecule has 4 rings (SSSR count). The molecule has 0 amide bonds. The maximum absolute atomic E-state index is 12.1. The molecule has 1 N–H and O–H groups in total. The molecule has 0 aromatic rings. The zero-order valence-electron chi connectivity index (χ0n) is 13.2. The summed E-state index contributed by atoms with van der Waals surface area (Å²) in [4.78, 5) is 12.1. The summed E-state index contributed by atoms with van der Waals surface area (Å²) in [6.07, 6.45) is 8.79. The molecule has 0 unspecified atom stereocenters. The Morgan fingerprint density at radius 2 is 1.65 bits per heavy atom. The number of ether oxygens (including phenoxy) is 1. The highest BCUT2D eigenvalue weighted by molar-refractivity contribution is 6.78. The molecule has 4 heteroatoms. The Bertz CT molecular complexity index is 347. The molecule has 4 aliphatic rings. The molecule has 3 heterocycles. The molecule has 4 bridgehead atoms. The molecule has 0 radical (unpaired) electrons. The van der Waals surface area contributed by atoms with Gasteiger partial charge in [-0.15, -0.1) is 0 Å². The van der Waals surface area contributed by atoms with E-state index >= 15 is 0 Å². The van der Waals surface area contributed by atoms with Crippen LogP contribution in [0, 0.1) is 23.7 Å². The topological polar surface area (TPSA) is 38.3 Å². The summed E-state index contributed by atoms with van der Waals surface area (Å²) in [5.41, 5.74) is 0. The minimum absolute atomic E-state index is 0.0590. The van der Waals surface area contributed by atoms with E-state index in [2.05, 4.69) is 19.1 Å². The molecule has 20 heavy (non-hydrogen) atoms. The number of hydrogen-bond acceptors (Lipinski definition) is 3. The van der Waals surface area contributed by atoms with Crippen LogP contribution in [0.15, 0.2) is 0 Å². The van der Waals surface area contributed by atoms with Gasteiger partial charge in [-0.3, -0.25) is 4.79 Å². The number of rotatable bonds is 5. The summed E-state index contributed by atoms with van der Waals surface area (Å²) < 4.78 is 5.04. The van der Waals surface area contributed by atoms with Gasteiger partial charge < -0.3 is 9.96 Å². The van der Waals surface area contributed by atoms with Crippen molar-refractivity contribution in [2.24, 2.45) is 23.7 Å². The monoisotopic (exact) mass is 278 g/mol. The summed E-state index contributed by atoms with van der Waals surface area (Å²) in [5, 5.41) is 3.83. The van der Waals surface area contributed by atoms with Crippen LogP contribution >= 0.6 is 0 Å². The van der Waals surface area contributed by atoms with Crippen LogP contribution in [0.5, 0.6) is 0 Å². The average molecular weight is 278 g/mol. The fraction of sp³-hybridized carbons (Fsp3) is 0.938. The van der Waals surface area contributed by atoms with Gasteiger partial charge in [-0.1, -0.05) is 50.9 Å². The van der Waals surface area contributed by atoms with Gasteiger partial charge in [0.25, 0.3) is 0 Å². The second-order valence-electron chi connectivity index (χ2n) is 8.36. The lowest BCUT2D eigenvalue weighted by molar-refractivity contribution is -0.143. The van der Waals surface area contributed by atoms with Crippen LogP contribution < -0.4 is 5.23 Å². The van der Waals surface area contributed by atoms with Crippen molar-refractivity contribution in [3.8, 4) is 0 Å². The Hall–Kier alpha value is -0.505. The number of esters is 1. The van der Waals surface area contributed by atoms with Crippen molar-refractivity contribution in [3.05, 3.63) is 0 Å². The van der Waals surface area contributed by atoms with E-state index in [-0.39, 0.29) is 12.0 Å². The third-order valence-corrected chi connectivity index (χ3v) is 6.10. The summed E-state index contributed by atoms with van der Waals surface area (Å²) in [7, 11) is 1.52. The van der Waals surface area contributed by atoms with Gasteiger partial charge in [-0.25, -0.2) is 0 Å². The van der Waals surface area contributed by atoms with Crippen molar-refractivity contribution in [1.82, 2.24) is 5.23 Å². The van der Waals surface area contributed by atoms with Crippen molar-refractivity contribution in [2.45, 2.75) is 64.5 Å². The number of methoxy groups -OCH3 is 1. The lowest BCUT2D eigenvalue weighted by atomic mass is 9.18. The Kier molecular flexibility index (Phi) is 3.87. The number of carbonyl (C=O) groups excluding carboxylic acids is 1. The molecule has 3 saturated heterocycles. The van der Waals surface area contributed by atoms with Gasteiger partial charge >= 0.3 is 5.97 Å². The quantitative estimate of drug-likeness (QED) is 0.620. The van der Waals surface area contributed by atoms with Crippen molar-refractivity contribution >= 4 is 12.3 Å². The SMILES string of the molecule is COC(=O)[C@H](CC(C)C)N[B-]12CC3CC(CC(C3)C1)C2. The van der Waals surface area contributed by atoms with Crippen LogP contribution in [0.25, 0.3) is 0 Å². The van der Waals surface area contributed by atoms with Crippen molar-refractivity contribution in [3.63, 3.8) is 0 Å². The Labute approximate surface area is 123 Å². The highest BCUT2D eigenvalue weighted by Gasteiger charge is 2.47. The fourth-order valence-electron chi connectivity index (χ4n) is 5.96. The molecule has 1 atom stereocenters. The molecule has 114 valence electrons. The van der Waals surface area contributed by atoms with Gasteiger partial charge in [0.2, 0.25) is 0 Å². The fourth-order valence-corrected chi connectivity index (χ4v) is 5.96. The minimum Gasteiger partial charge on any atom is -0.476 e. The van der Waals surface area contributed by atoms with Gasteiger partial charge in [-0.2, -0.15) is 19.0 Å². The largest absolute Gasteiger partial charge is 0.476 e. The van der Waals surface area contributed by atoms with Gasteiger partial charge in [0.05, 0.1) is 19.4 Å². The Morgan fingerprint density at radius 1 is 1.15 bits per heavy atom. The maximum atomic E-state index is 12.1. The molecule has 0 aromatic carbocycles. The lowest BCUT2D eigenvalue weighted by Gasteiger charge is -2.62.